The van der Waals surface area contributed by atoms with E-state index in [1.54, 1.807) is 6.92 Å². The second-order valence-electron chi connectivity index (χ2n) is 3.15. The Kier molecular flexibility index (Phi) is 4.33. The summed E-state index contributed by atoms with van der Waals surface area (Å²) in [6.45, 7) is 2.38. The fourth-order valence-corrected chi connectivity index (χ4v) is 1.43. The van der Waals surface area contributed by atoms with Crippen LogP contribution in [0.15, 0.2) is 18.2 Å². The van der Waals surface area contributed by atoms with E-state index in [-0.39, 0.29) is 17.1 Å². The van der Waals surface area contributed by atoms with Crippen LogP contribution in [0.5, 0.6) is 0 Å². The van der Waals surface area contributed by atoms with Gasteiger partial charge in [0.05, 0.1) is 12.1 Å². The molecule has 0 spiro atoms. The molecular weight excluding hydrogens is 229 g/mol. The lowest BCUT2D eigenvalue weighted by Crippen LogP contribution is -2.31. The van der Waals surface area contributed by atoms with Crippen molar-refractivity contribution in [3.05, 3.63) is 34.6 Å². The zero-order chi connectivity index (χ0) is 12.1. The monoisotopic (exact) mass is 239 g/mol. The summed E-state index contributed by atoms with van der Waals surface area (Å²) in [4.78, 5) is 13.2. The van der Waals surface area contributed by atoms with Gasteiger partial charge in [-0.3, -0.25) is 4.79 Å². The lowest BCUT2D eigenvalue weighted by molar-refractivity contribution is 0.0780. The van der Waals surface area contributed by atoms with Gasteiger partial charge in [0.2, 0.25) is 0 Å². The molecule has 1 amide bonds. The molecule has 0 unspecified atom stereocenters. The maximum Gasteiger partial charge on any atom is 0.257 e. The number of hydrogen-bond donors (Lipinski definition) is 0. The molecule has 0 N–H and O–H groups in total. The average Bonchev–Trinajstić information content (AvgIpc) is 2.25. The summed E-state index contributed by atoms with van der Waals surface area (Å²) in [6, 6.07) is 3.94. The maximum atomic E-state index is 13.5. The van der Waals surface area contributed by atoms with Crippen molar-refractivity contribution in [2.75, 3.05) is 13.1 Å². The van der Waals surface area contributed by atoms with Crippen molar-refractivity contribution in [2.24, 2.45) is 0 Å². The summed E-state index contributed by atoms with van der Waals surface area (Å²) in [5, 5.41) is 0.258. The van der Waals surface area contributed by atoms with Gasteiger partial charge in [-0.05, 0) is 25.1 Å². The highest BCUT2D eigenvalue weighted by molar-refractivity contribution is 6.30. The Labute approximate surface area is 99.0 Å². The molecule has 0 atom stereocenters. The van der Waals surface area contributed by atoms with Crippen molar-refractivity contribution in [2.45, 2.75) is 6.92 Å². The van der Waals surface area contributed by atoms with Crippen molar-refractivity contribution >= 4 is 17.5 Å². The van der Waals surface area contributed by atoms with E-state index >= 15 is 0 Å². The number of amides is 1. The molecule has 0 aliphatic rings. The molecule has 2 nitrogen and oxygen atoms in total. The van der Waals surface area contributed by atoms with E-state index in [4.69, 9.17) is 18.0 Å². The van der Waals surface area contributed by atoms with Crippen molar-refractivity contribution in [3.8, 4) is 12.3 Å². The van der Waals surface area contributed by atoms with Gasteiger partial charge in [-0.15, -0.1) is 6.42 Å². The molecule has 1 rings (SSSR count). The van der Waals surface area contributed by atoms with Crippen LogP contribution in [0.4, 0.5) is 4.39 Å². The zero-order valence-electron chi connectivity index (χ0n) is 8.84. The van der Waals surface area contributed by atoms with Gasteiger partial charge in [0.25, 0.3) is 5.91 Å². The van der Waals surface area contributed by atoms with Gasteiger partial charge in [-0.1, -0.05) is 17.5 Å². The first-order valence-corrected chi connectivity index (χ1v) is 5.15. The lowest BCUT2D eigenvalue weighted by Gasteiger charge is -2.18. The second-order valence-corrected chi connectivity index (χ2v) is 3.58. The molecule has 0 aromatic heterocycles. The van der Waals surface area contributed by atoms with Crippen molar-refractivity contribution in [1.82, 2.24) is 4.90 Å². The number of rotatable bonds is 3. The van der Waals surface area contributed by atoms with E-state index < -0.39 is 11.7 Å². The number of nitrogens with zero attached hydrogens (tertiary/aromatic N) is 1. The summed E-state index contributed by atoms with van der Waals surface area (Å²) in [7, 11) is 0. The molecule has 4 heteroatoms. The zero-order valence-corrected chi connectivity index (χ0v) is 9.59. The number of hydrogen-bond acceptors (Lipinski definition) is 1. The lowest BCUT2D eigenvalue weighted by atomic mass is 10.2. The highest BCUT2D eigenvalue weighted by atomic mass is 35.5. The van der Waals surface area contributed by atoms with Crippen LogP contribution in [0.1, 0.15) is 17.3 Å². The van der Waals surface area contributed by atoms with E-state index in [0.717, 1.165) is 6.07 Å². The fourth-order valence-electron chi connectivity index (χ4n) is 1.27. The maximum absolute atomic E-state index is 13.5. The van der Waals surface area contributed by atoms with Crippen molar-refractivity contribution < 1.29 is 9.18 Å². The van der Waals surface area contributed by atoms with Gasteiger partial charge in [-0.2, -0.15) is 0 Å². The van der Waals surface area contributed by atoms with E-state index in [2.05, 4.69) is 5.92 Å². The van der Waals surface area contributed by atoms with E-state index in [0.29, 0.717) is 6.54 Å². The molecule has 1 aromatic carbocycles. The molecule has 0 fully saturated rings. The number of terminal acetylenes is 1. The third-order valence-corrected chi connectivity index (χ3v) is 2.35. The number of carbonyl (C=O) groups excluding carboxylic acids is 1. The topological polar surface area (TPSA) is 20.3 Å². The smallest absolute Gasteiger partial charge is 0.257 e. The highest BCUT2D eigenvalue weighted by Gasteiger charge is 2.17. The molecule has 0 saturated heterocycles. The first-order chi connectivity index (χ1) is 7.60. The standard InChI is InChI=1S/C12H11ClFNO/c1-3-7-15(4-2)12(16)10-6-5-9(13)8-11(10)14/h1,5-6,8H,4,7H2,2H3. The first kappa shape index (κ1) is 12.5. The van der Waals surface area contributed by atoms with E-state index in [9.17, 15) is 9.18 Å². The Bertz CT molecular complexity index is 439. The van der Waals surface area contributed by atoms with Crippen LogP contribution in [-0.4, -0.2) is 23.9 Å². The Balaban J connectivity index is 3.00. The summed E-state index contributed by atoms with van der Waals surface area (Å²) in [6.07, 6.45) is 5.12. The van der Waals surface area contributed by atoms with Gasteiger partial charge in [0, 0.05) is 11.6 Å². The number of benzene rings is 1. The molecule has 1 aromatic rings. The first-order valence-electron chi connectivity index (χ1n) is 4.78. The predicted molar refractivity (Wildman–Crippen MR) is 61.8 cm³/mol. The van der Waals surface area contributed by atoms with Gasteiger partial charge in [0.1, 0.15) is 5.82 Å². The van der Waals surface area contributed by atoms with E-state index in [1.165, 1.54) is 17.0 Å². The van der Waals surface area contributed by atoms with Gasteiger partial charge in [-0.25, -0.2) is 4.39 Å². The predicted octanol–water partition coefficient (Wildman–Crippen LogP) is 2.57. The minimum atomic E-state index is -0.632. The van der Waals surface area contributed by atoms with Crippen LogP contribution in [0.25, 0.3) is 0 Å². The molecule has 16 heavy (non-hydrogen) atoms. The Morgan fingerprint density at radius 2 is 2.31 bits per heavy atom. The molecule has 84 valence electrons. The van der Waals surface area contributed by atoms with Crippen molar-refractivity contribution in [3.63, 3.8) is 0 Å². The Hall–Kier alpha value is -1.53. The highest BCUT2D eigenvalue weighted by Crippen LogP contribution is 2.16. The molecule has 0 saturated carbocycles. The normalized spacial score (nSPS) is 9.62. The third kappa shape index (κ3) is 2.74. The molecule has 0 aliphatic heterocycles. The van der Waals surface area contributed by atoms with Gasteiger partial charge < -0.3 is 4.90 Å². The molecule has 0 aliphatic carbocycles. The number of halogens is 2. The SMILES string of the molecule is C#CCN(CC)C(=O)c1ccc(Cl)cc1F. The van der Waals surface area contributed by atoms with Crippen molar-refractivity contribution in [1.29, 1.82) is 0 Å². The van der Waals surface area contributed by atoms with Gasteiger partial charge >= 0.3 is 0 Å². The molecule has 0 radical (unpaired) electrons. The second kappa shape index (κ2) is 5.53. The Morgan fingerprint density at radius 1 is 1.62 bits per heavy atom. The Morgan fingerprint density at radius 3 is 2.81 bits per heavy atom. The third-order valence-electron chi connectivity index (χ3n) is 2.11. The van der Waals surface area contributed by atoms with Crippen LogP contribution in [0.3, 0.4) is 0 Å². The van der Waals surface area contributed by atoms with Gasteiger partial charge in [0.15, 0.2) is 0 Å². The summed E-state index contributed by atoms with van der Waals surface area (Å²) in [5.41, 5.74) is -0.0125. The quantitative estimate of drug-likeness (QED) is 0.743. The van der Waals surface area contributed by atoms with Crippen LogP contribution in [-0.2, 0) is 0 Å². The minimum absolute atomic E-state index is 0.0125. The molecular formula is C12H11ClFNO. The van der Waals surface area contributed by atoms with Crippen LogP contribution in [0.2, 0.25) is 5.02 Å². The minimum Gasteiger partial charge on any atom is -0.328 e. The van der Waals surface area contributed by atoms with E-state index in [1.807, 2.05) is 0 Å². The van der Waals surface area contributed by atoms with Crippen LogP contribution < -0.4 is 0 Å². The van der Waals surface area contributed by atoms with Crippen LogP contribution >= 0.6 is 11.6 Å². The largest absolute Gasteiger partial charge is 0.328 e. The summed E-state index contributed by atoms with van der Waals surface area (Å²) >= 11 is 5.60. The average molecular weight is 240 g/mol. The summed E-state index contributed by atoms with van der Waals surface area (Å²) in [5.74, 6) is 1.30. The van der Waals surface area contributed by atoms with Crippen LogP contribution in [0, 0.1) is 18.2 Å². The summed E-state index contributed by atoms with van der Waals surface area (Å²) < 4.78 is 13.5. The molecule has 0 bridgehead atoms. The molecule has 0 heterocycles. The number of carbonyl (C=O) groups is 1. The fraction of sp³-hybridized carbons (Fsp3) is 0.250.